The molecule has 1 spiro atoms. The highest BCUT2D eigenvalue weighted by Crippen LogP contribution is 2.63. The Bertz CT molecular complexity index is 3360. The molecule has 5 nitrogen and oxygen atoms in total. The SMILES string of the molecule is c1ccc2c(c1)-c1ccccc1C21c2ccc3c4ccccc4n(-c4ccc(-c5ccc(-n6c7cnccc7c7ncccc76)cc5)cc4)c3c2-c2cccnc21. The average Bonchev–Trinajstić information content (AvgIpc) is 3.99. The van der Waals surface area contributed by atoms with Crippen molar-refractivity contribution < 1.29 is 0 Å². The Morgan fingerprint density at radius 3 is 1.81 bits per heavy atom. The molecule has 0 N–H and O–H groups in total. The predicted octanol–water partition coefficient (Wildman–Crippen LogP) is 12.1. The van der Waals surface area contributed by atoms with Gasteiger partial charge in [0.1, 0.15) is 0 Å². The second-order valence-electron chi connectivity index (χ2n) is 15.2. The summed E-state index contributed by atoms with van der Waals surface area (Å²) in [6.45, 7) is 0. The van der Waals surface area contributed by atoms with Gasteiger partial charge in [0, 0.05) is 57.3 Å². The van der Waals surface area contributed by atoms with Crippen LogP contribution in [0, 0.1) is 0 Å². The fraction of sp³-hybridized carbons (Fsp3) is 0.0192. The van der Waals surface area contributed by atoms with Gasteiger partial charge < -0.3 is 9.13 Å². The molecule has 0 unspecified atom stereocenters. The van der Waals surface area contributed by atoms with Crippen LogP contribution in [-0.4, -0.2) is 24.1 Å². The van der Waals surface area contributed by atoms with E-state index in [1.54, 1.807) is 0 Å². The fourth-order valence-corrected chi connectivity index (χ4v) is 10.3. The van der Waals surface area contributed by atoms with Crippen LogP contribution in [0.5, 0.6) is 0 Å². The molecule has 5 aromatic heterocycles. The summed E-state index contributed by atoms with van der Waals surface area (Å²) >= 11 is 0. The number of pyridine rings is 3. The van der Waals surface area contributed by atoms with E-state index in [4.69, 9.17) is 9.97 Å². The standard InChI is InChI=1S/C52H31N5/c1-4-13-42-36(9-1)37-10-2-5-14-43(37)52(42)44-26-25-39-38-11-3-6-15-45(38)57(50(39)48(44)41-12-7-29-55-51(41)52)35-23-19-33(20-24-35)32-17-21-34(22-18-32)56-46-16-8-28-54-49(46)40-27-30-53-31-47(40)56/h1-31H. The minimum Gasteiger partial charge on any atom is -0.309 e. The molecule has 2 aliphatic carbocycles. The minimum atomic E-state index is -0.503. The second kappa shape index (κ2) is 11.2. The van der Waals surface area contributed by atoms with Gasteiger partial charge in [-0.25, -0.2) is 0 Å². The van der Waals surface area contributed by atoms with Crippen molar-refractivity contribution in [3.63, 3.8) is 0 Å². The van der Waals surface area contributed by atoms with Crippen LogP contribution < -0.4 is 0 Å². The largest absolute Gasteiger partial charge is 0.309 e. The third-order valence-corrected chi connectivity index (χ3v) is 12.5. The molecule has 0 bridgehead atoms. The van der Waals surface area contributed by atoms with Gasteiger partial charge in [0.2, 0.25) is 0 Å². The van der Waals surface area contributed by atoms with Crippen molar-refractivity contribution >= 4 is 43.7 Å². The summed E-state index contributed by atoms with van der Waals surface area (Å²) in [7, 11) is 0. The van der Waals surface area contributed by atoms with Crippen LogP contribution in [0.25, 0.3) is 88.5 Å². The number of nitrogens with zero attached hydrogens (tertiary/aromatic N) is 5. The zero-order chi connectivity index (χ0) is 37.2. The zero-order valence-corrected chi connectivity index (χ0v) is 30.6. The van der Waals surface area contributed by atoms with Crippen LogP contribution in [0.1, 0.15) is 22.4 Å². The van der Waals surface area contributed by atoms with E-state index in [2.05, 4.69) is 166 Å². The van der Waals surface area contributed by atoms with Gasteiger partial charge in [-0.05, 0) is 93.5 Å². The number of para-hydroxylation sites is 1. The van der Waals surface area contributed by atoms with Gasteiger partial charge in [0.25, 0.3) is 0 Å². The van der Waals surface area contributed by atoms with Gasteiger partial charge >= 0.3 is 0 Å². The molecule has 0 saturated heterocycles. The summed E-state index contributed by atoms with van der Waals surface area (Å²) in [4.78, 5) is 14.4. The number of hydrogen-bond acceptors (Lipinski definition) is 3. The maximum Gasteiger partial charge on any atom is 0.0964 e. The molecule has 11 aromatic rings. The van der Waals surface area contributed by atoms with Crippen LogP contribution >= 0.6 is 0 Å². The highest BCUT2D eigenvalue weighted by molar-refractivity contribution is 6.16. The smallest absolute Gasteiger partial charge is 0.0964 e. The molecular weight excluding hydrogens is 695 g/mol. The Morgan fingerprint density at radius 1 is 0.404 bits per heavy atom. The van der Waals surface area contributed by atoms with Crippen molar-refractivity contribution in [2.24, 2.45) is 0 Å². The first-order valence-corrected chi connectivity index (χ1v) is 19.4. The summed E-state index contributed by atoms with van der Waals surface area (Å²) in [5, 5.41) is 3.58. The maximum absolute atomic E-state index is 5.25. The number of aromatic nitrogens is 5. The average molecular weight is 726 g/mol. The third kappa shape index (κ3) is 3.90. The summed E-state index contributed by atoms with van der Waals surface area (Å²) in [6.07, 6.45) is 7.58. The molecular formula is C52H31N5. The van der Waals surface area contributed by atoms with E-state index in [1.807, 2.05) is 36.9 Å². The fourth-order valence-electron chi connectivity index (χ4n) is 10.3. The number of rotatable bonds is 3. The highest BCUT2D eigenvalue weighted by atomic mass is 15.0. The summed E-state index contributed by atoms with van der Waals surface area (Å²) in [5.41, 5.74) is 19.5. The first kappa shape index (κ1) is 30.7. The molecule has 264 valence electrons. The van der Waals surface area contributed by atoms with Crippen LogP contribution in [-0.2, 0) is 5.41 Å². The third-order valence-electron chi connectivity index (χ3n) is 12.5. The second-order valence-corrected chi connectivity index (χ2v) is 15.2. The van der Waals surface area contributed by atoms with E-state index < -0.39 is 5.41 Å². The van der Waals surface area contributed by atoms with Gasteiger partial charge in [0.05, 0.1) is 44.9 Å². The zero-order valence-electron chi connectivity index (χ0n) is 30.6. The molecule has 0 aliphatic heterocycles. The Labute approximate surface area is 327 Å². The molecule has 6 aromatic carbocycles. The first-order valence-electron chi connectivity index (χ1n) is 19.4. The Morgan fingerprint density at radius 2 is 1.04 bits per heavy atom. The lowest BCUT2D eigenvalue weighted by molar-refractivity contribution is 0.761. The maximum atomic E-state index is 5.25. The lowest BCUT2D eigenvalue weighted by Crippen LogP contribution is -2.26. The van der Waals surface area contributed by atoms with E-state index in [0.717, 1.165) is 50.1 Å². The van der Waals surface area contributed by atoms with E-state index >= 15 is 0 Å². The van der Waals surface area contributed by atoms with E-state index in [9.17, 15) is 0 Å². The topological polar surface area (TPSA) is 48.5 Å². The van der Waals surface area contributed by atoms with Crippen molar-refractivity contribution in [3.05, 3.63) is 211 Å². The molecule has 5 heteroatoms. The van der Waals surface area contributed by atoms with Crippen molar-refractivity contribution in [1.82, 2.24) is 24.1 Å². The number of benzene rings is 6. The van der Waals surface area contributed by atoms with Gasteiger partial charge in [-0.3, -0.25) is 15.0 Å². The minimum absolute atomic E-state index is 0.503. The summed E-state index contributed by atoms with van der Waals surface area (Å²) in [5.74, 6) is 0. The van der Waals surface area contributed by atoms with E-state index in [-0.39, 0.29) is 0 Å². The Kier molecular flexibility index (Phi) is 6.04. The van der Waals surface area contributed by atoms with Gasteiger partial charge in [-0.2, -0.15) is 0 Å². The molecule has 0 radical (unpaired) electrons. The highest BCUT2D eigenvalue weighted by Gasteiger charge is 2.53. The van der Waals surface area contributed by atoms with Crippen molar-refractivity contribution in [2.75, 3.05) is 0 Å². The normalized spacial score (nSPS) is 13.4. The van der Waals surface area contributed by atoms with Crippen LogP contribution in [0.3, 0.4) is 0 Å². The molecule has 0 fully saturated rings. The van der Waals surface area contributed by atoms with Gasteiger partial charge in [-0.15, -0.1) is 0 Å². The van der Waals surface area contributed by atoms with Crippen molar-refractivity contribution in [3.8, 4) is 44.8 Å². The van der Waals surface area contributed by atoms with E-state index in [1.165, 1.54) is 60.8 Å². The summed E-state index contributed by atoms with van der Waals surface area (Å²) in [6, 6.07) is 59.8. The number of hydrogen-bond donors (Lipinski definition) is 0. The molecule has 2 aliphatic rings. The van der Waals surface area contributed by atoms with Crippen molar-refractivity contribution in [1.29, 1.82) is 0 Å². The van der Waals surface area contributed by atoms with Gasteiger partial charge in [0.15, 0.2) is 0 Å². The van der Waals surface area contributed by atoms with Crippen molar-refractivity contribution in [2.45, 2.75) is 5.41 Å². The van der Waals surface area contributed by atoms with Crippen LogP contribution in [0.15, 0.2) is 189 Å². The molecule has 0 amide bonds. The molecule has 0 saturated carbocycles. The molecule has 5 heterocycles. The van der Waals surface area contributed by atoms with Gasteiger partial charge in [-0.1, -0.05) is 109 Å². The molecule has 13 rings (SSSR count). The van der Waals surface area contributed by atoms with Crippen LogP contribution in [0.2, 0.25) is 0 Å². The van der Waals surface area contributed by atoms with Crippen LogP contribution in [0.4, 0.5) is 0 Å². The summed E-state index contributed by atoms with van der Waals surface area (Å²) < 4.78 is 4.72. The molecule has 57 heavy (non-hydrogen) atoms. The lowest BCUT2D eigenvalue weighted by Gasteiger charge is -2.29. The quantitative estimate of drug-likeness (QED) is 0.182. The monoisotopic (exact) mass is 725 g/mol. The Hall–Kier alpha value is -7.63. The molecule has 0 atom stereocenters. The van der Waals surface area contributed by atoms with E-state index in [0.29, 0.717) is 0 Å². The predicted molar refractivity (Wildman–Crippen MR) is 230 cm³/mol. The first-order chi connectivity index (χ1) is 28.3. The lowest BCUT2D eigenvalue weighted by atomic mass is 9.72. The number of fused-ring (bicyclic) bond motifs is 17. The Balaban J connectivity index is 0.990.